The molecule has 0 N–H and O–H groups in total. The summed E-state index contributed by atoms with van der Waals surface area (Å²) in [4.78, 5) is 0. The molecule has 1 aliphatic rings. The molecule has 0 atom stereocenters. The molecule has 47 valence electrons. The molecule has 0 aromatic rings. The maximum atomic E-state index is 10.4. The van der Waals surface area contributed by atoms with Crippen LogP contribution in [0.2, 0.25) is 0 Å². The minimum atomic E-state index is -1.77. The molecule has 9 heavy (non-hydrogen) atoms. The summed E-state index contributed by atoms with van der Waals surface area (Å²) < 4.78 is 19.8. The summed E-state index contributed by atoms with van der Waals surface area (Å²) in [6, 6.07) is 0. The van der Waals surface area contributed by atoms with Crippen LogP contribution in [0.1, 0.15) is 12.8 Å². The fourth-order valence-electron chi connectivity index (χ4n) is 0.520. The number of hydrogen-bond donors (Lipinski definition) is 0. The average molecular weight is 158 g/mol. The van der Waals surface area contributed by atoms with E-state index in [1.54, 1.807) is 0 Å². The predicted molar refractivity (Wildman–Crippen MR) is 34.5 cm³/mol. The Morgan fingerprint density at radius 2 is 1.56 bits per heavy atom. The Bertz CT molecular complexity index is 87.8. The molecular formula is C4H8NaO3P+. The van der Waals surface area contributed by atoms with Crippen LogP contribution in [-0.4, -0.2) is 42.8 Å². The van der Waals surface area contributed by atoms with E-state index in [1.807, 2.05) is 0 Å². The van der Waals surface area contributed by atoms with E-state index in [1.165, 1.54) is 0 Å². The molecule has 0 bridgehead atoms. The maximum Gasteiger partial charge on any atom is 0.697 e. The van der Waals surface area contributed by atoms with Gasteiger partial charge in [-0.05, 0) is 12.8 Å². The smallest absolute Gasteiger partial charge is 0.119 e. The molecule has 1 radical (unpaired) electrons. The minimum Gasteiger partial charge on any atom is -0.119 e. The van der Waals surface area contributed by atoms with E-state index in [0.717, 1.165) is 12.8 Å². The van der Waals surface area contributed by atoms with E-state index in [4.69, 9.17) is 0 Å². The van der Waals surface area contributed by atoms with E-state index in [9.17, 15) is 4.57 Å². The Morgan fingerprint density at radius 3 is 2.00 bits per heavy atom. The van der Waals surface area contributed by atoms with E-state index in [2.05, 4.69) is 9.05 Å². The van der Waals surface area contributed by atoms with Crippen LogP contribution in [0.3, 0.4) is 0 Å². The zero-order valence-electron chi connectivity index (χ0n) is 5.50. The molecule has 0 aromatic carbocycles. The molecule has 1 aliphatic heterocycles. The van der Waals surface area contributed by atoms with Gasteiger partial charge in [0.15, 0.2) is 0 Å². The second kappa shape index (κ2) is 5.78. The van der Waals surface area contributed by atoms with Crippen LogP contribution in [0.4, 0.5) is 0 Å². The van der Waals surface area contributed by atoms with Crippen LogP contribution in [-0.2, 0) is 13.6 Å². The van der Waals surface area contributed by atoms with Gasteiger partial charge in [0.25, 0.3) is 0 Å². The summed E-state index contributed by atoms with van der Waals surface area (Å²) in [5.41, 5.74) is 0. The zero-order chi connectivity index (χ0) is 5.82. The molecule has 0 spiro atoms. The third kappa shape index (κ3) is 4.43. The molecule has 0 aliphatic carbocycles. The largest absolute Gasteiger partial charge is 0.697 e. The van der Waals surface area contributed by atoms with Crippen LogP contribution in [0.25, 0.3) is 0 Å². The van der Waals surface area contributed by atoms with Crippen molar-refractivity contribution in [3.05, 3.63) is 0 Å². The van der Waals surface area contributed by atoms with Gasteiger partial charge in [0.1, 0.15) is 13.2 Å². The molecule has 3 nitrogen and oxygen atoms in total. The molecule has 0 saturated carbocycles. The standard InChI is InChI=1S/C4H8O3P.Na/c5-8-6-3-1-2-4-7-8;/h1-4H2;/q+1;. The van der Waals surface area contributed by atoms with Crippen molar-refractivity contribution < 1.29 is 13.6 Å². The number of rotatable bonds is 0. The normalized spacial score (nSPS) is 20.2. The average Bonchev–Trinajstić information content (AvgIpc) is 1.94. The molecule has 0 unspecified atom stereocenters. The van der Waals surface area contributed by atoms with Gasteiger partial charge in [-0.1, -0.05) is 0 Å². The second-order valence-electron chi connectivity index (χ2n) is 1.60. The fraction of sp³-hybridized carbons (Fsp3) is 1.00. The van der Waals surface area contributed by atoms with Crippen LogP contribution in [0.15, 0.2) is 0 Å². The van der Waals surface area contributed by atoms with Gasteiger partial charge in [0, 0.05) is 34.1 Å². The monoisotopic (exact) mass is 158 g/mol. The summed E-state index contributed by atoms with van der Waals surface area (Å²) in [7, 11) is -1.77. The summed E-state index contributed by atoms with van der Waals surface area (Å²) in [5.74, 6) is 0. The Morgan fingerprint density at radius 1 is 1.11 bits per heavy atom. The molecule has 0 amide bonds. The van der Waals surface area contributed by atoms with Crippen molar-refractivity contribution >= 4 is 37.8 Å². The number of hydrogen-bond acceptors (Lipinski definition) is 3. The van der Waals surface area contributed by atoms with E-state index in [-0.39, 0.29) is 29.6 Å². The Balaban J connectivity index is 0.000000640. The first-order valence-corrected chi connectivity index (χ1v) is 3.72. The molecule has 1 rings (SSSR count). The summed E-state index contributed by atoms with van der Waals surface area (Å²) in [6.45, 7) is 1.16. The summed E-state index contributed by atoms with van der Waals surface area (Å²) in [5, 5.41) is 0. The van der Waals surface area contributed by atoms with Crippen molar-refractivity contribution in [3.8, 4) is 0 Å². The van der Waals surface area contributed by atoms with E-state index in [0.29, 0.717) is 13.2 Å². The first kappa shape index (κ1) is 10.0. The molecule has 5 heteroatoms. The molecule has 1 fully saturated rings. The molecule has 1 saturated heterocycles. The van der Waals surface area contributed by atoms with Gasteiger partial charge in [-0.25, -0.2) is 0 Å². The van der Waals surface area contributed by atoms with E-state index < -0.39 is 8.25 Å². The Hall–Kier alpha value is 1.02. The Kier molecular flexibility index (Phi) is 6.43. The van der Waals surface area contributed by atoms with Crippen LogP contribution in [0, 0.1) is 0 Å². The first-order valence-electron chi connectivity index (χ1n) is 2.63. The van der Waals surface area contributed by atoms with Gasteiger partial charge in [-0.3, -0.25) is 0 Å². The molecule has 0 aromatic heterocycles. The first-order chi connectivity index (χ1) is 3.89. The van der Waals surface area contributed by atoms with Gasteiger partial charge in [0.05, 0.1) is 0 Å². The van der Waals surface area contributed by atoms with E-state index >= 15 is 0 Å². The van der Waals surface area contributed by atoms with Crippen molar-refractivity contribution in [2.24, 2.45) is 0 Å². The van der Waals surface area contributed by atoms with Gasteiger partial charge in [0.2, 0.25) is 0 Å². The van der Waals surface area contributed by atoms with Gasteiger partial charge in [-0.15, -0.1) is 9.05 Å². The minimum absolute atomic E-state index is 0. The molecule has 1 heterocycles. The topological polar surface area (TPSA) is 35.5 Å². The Labute approximate surface area is 77.3 Å². The van der Waals surface area contributed by atoms with Gasteiger partial charge in [-0.2, -0.15) is 0 Å². The van der Waals surface area contributed by atoms with Crippen molar-refractivity contribution in [3.63, 3.8) is 0 Å². The van der Waals surface area contributed by atoms with Crippen molar-refractivity contribution in [1.82, 2.24) is 0 Å². The third-order valence-corrected chi connectivity index (χ3v) is 1.72. The second-order valence-corrected chi connectivity index (χ2v) is 2.56. The van der Waals surface area contributed by atoms with Gasteiger partial charge >= 0.3 is 8.25 Å². The predicted octanol–water partition coefficient (Wildman–Crippen LogP) is 1.09. The van der Waals surface area contributed by atoms with Gasteiger partial charge < -0.3 is 0 Å². The maximum absolute atomic E-state index is 10.4. The summed E-state index contributed by atoms with van der Waals surface area (Å²) in [6.07, 6.45) is 1.92. The van der Waals surface area contributed by atoms with Crippen molar-refractivity contribution in [2.75, 3.05) is 13.2 Å². The van der Waals surface area contributed by atoms with Crippen LogP contribution < -0.4 is 0 Å². The quantitative estimate of drug-likeness (QED) is 0.391. The van der Waals surface area contributed by atoms with Crippen LogP contribution >= 0.6 is 8.25 Å². The summed E-state index contributed by atoms with van der Waals surface area (Å²) >= 11 is 0. The zero-order valence-corrected chi connectivity index (χ0v) is 8.39. The third-order valence-electron chi connectivity index (χ3n) is 0.932. The SMILES string of the molecule is O=[P+]1OCCCCO1.[Na]. The molecular weight excluding hydrogens is 150 g/mol. The fourth-order valence-corrected chi connectivity index (χ4v) is 1.15. The van der Waals surface area contributed by atoms with Crippen molar-refractivity contribution in [2.45, 2.75) is 12.8 Å². The van der Waals surface area contributed by atoms with Crippen molar-refractivity contribution in [1.29, 1.82) is 0 Å². The van der Waals surface area contributed by atoms with Crippen LogP contribution in [0.5, 0.6) is 0 Å².